The second-order valence-electron chi connectivity index (χ2n) is 10.6. The largest absolute Gasteiger partial charge is 0.481 e. The maximum atomic E-state index is 12.3. The molecule has 0 amide bonds. The molecule has 0 aromatic heterocycles. The minimum absolute atomic E-state index is 0.0825. The average Bonchev–Trinajstić information content (AvgIpc) is 2.81. The van der Waals surface area contributed by atoms with Crippen LogP contribution >= 0.6 is 0 Å². The van der Waals surface area contributed by atoms with Crippen molar-refractivity contribution in [1.82, 2.24) is 0 Å². The number of rotatable bonds is 4. The molecule has 6 nitrogen and oxygen atoms in total. The van der Waals surface area contributed by atoms with Crippen LogP contribution in [0.3, 0.4) is 0 Å². The molecule has 4 aliphatic carbocycles. The Bertz CT molecular complexity index is 802. The molecule has 3 saturated carbocycles. The topological polar surface area (TPSA) is 89.9 Å². The lowest BCUT2D eigenvalue weighted by Gasteiger charge is -2.64. The summed E-state index contributed by atoms with van der Waals surface area (Å²) in [6, 6.07) is 0. The van der Waals surface area contributed by atoms with Crippen molar-refractivity contribution < 1.29 is 29.0 Å². The molecule has 0 heterocycles. The van der Waals surface area contributed by atoms with E-state index in [9.17, 15) is 19.5 Å². The fraction of sp³-hybridized carbons (Fsp3) is 0.792. The Morgan fingerprint density at radius 3 is 2.40 bits per heavy atom. The van der Waals surface area contributed by atoms with Crippen LogP contribution in [0.5, 0.6) is 0 Å². The van der Waals surface area contributed by atoms with Gasteiger partial charge in [0.05, 0.1) is 5.41 Å². The van der Waals surface area contributed by atoms with Crippen molar-refractivity contribution in [2.45, 2.75) is 78.7 Å². The number of ether oxygens (including phenoxy) is 2. The molecule has 0 saturated heterocycles. The summed E-state index contributed by atoms with van der Waals surface area (Å²) in [5, 5.41) is 10.1. The van der Waals surface area contributed by atoms with Crippen molar-refractivity contribution in [1.29, 1.82) is 0 Å². The number of esters is 2. The number of carbonyl (C=O) groups is 3. The lowest BCUT2D eigenvalue weighted by Crippen LogP contribution is -2.61. The van der Waals surface area contributed by atoms with Crippen LogP contribution in [0.15, 0.2) is 11.6 Å². The minimum atomic E-state index is -0.703. The zero-order valence-corrected chi connectivity index (χ0v) is 18.5. The van der Waals surface area contributed by atoms with Gasteiger partial charge in [-0.2, -0.15) is 0 Å². The van der Waals surface area contributed by atoms with Gasteiger partial charge in [-0.25, -0.2) is 0 Å². The Morgan fingerprint density at radius 1 is 1.03 bits per heavy atom. The molecular formula is C24H34O6. The maximum Gasteiger partial charge on any atom is 0.309 e. The molecule has 0 radical (unpaired) electrons. The van der Waals surface area contributed by atoms with Gasteiger partial charge in [0.2, 0.25) is 0 Å². The molecule has 30 heavy (non-hydrogen) atoms. The second kappa shape index (κ2) is 7.10. The van der Waals surface area contributed by atoms with Gasteiger partial charge in [0.25, 0.3) is 0 Å². The lowest BCUT2D eigenvalue weighted by atomic mass is 9.40. The van der Waals surface area contributed by atoms with Gasteiger partial charge in [-0.15, -0.1) is 0 Å². The van der Waals surface area contributed by atoms with Crippen LogP contribution in [0.2, 0.25) is 0 Å². The van der Waals surface area contributed by atoms with Gasteiger partial charge in [-0.1, -0.05) is 19.4 Å². The first-order chi connectivity index (χ1) is 14.0. The first-order valence-corrected chi connectivity index (χ1v) is 11.3. The monoisotopic (exact) mass is 418 g/mol. The minimum Gasteiger partial charge on any atom is -0.481 e. The molecule has 6 heteroatoms. The molecular weight excluding hydrogens is 384 g/mol. The van der Waals surface area contributed by atoms with Gasteiger partial charge < -0.3 is 14.6 Å². The quantitative estimate of drug-likeness (QED) is 0.545. The summed E-state index contributed by atoms with van der Waals surface area (Å²) >= 11 is 0. The van der Waals surface area contributed by atoms with Crippen molar-refractivity contribution in [3.05, 3.63) is 11.6 Å². The average molecular weight is 419 g/mol. The molecule has 7 atom stereocenters. The van der Waals surface area contributed by atoms with E-state index in [1.807, 2.05) is 6.92 Å². The van der Waals surface area contributed by atoms with Crippen LogP contribution in [0, 0.1) is 34.0 Å². The normalized spacial score (nSPS) is 44.3. The molecule has 4 rings (SSSR count). The highest BCUT2D eigenvalue weighted by Gasteiger charge is 2.68. The van der Waals surface area contributed by atoms with Gasteiger partial charge in [0, 0.05) is 25.2 Å². The summed E-state index contributed by atoms with van der Waals surface area (Å²) < 4.78 is 11.3. The second-order valence-corrected chi connectivity index (χ2v) is 10.6. The molecule has 0 aromatic rings. The van der Waals surface area contributed by atoms with E-state index in [-0.39, 0.29) is 53.2 Å². The number of fused-ring (bicyclic) bond motifs is 3. The first kappa shape index (κ1) is 21.4. The third kappa shape index (κ3) is 2.93. The predicted octanol–water partition coefficient (Wildman–Crippen LogP) is 4.12. The van der Waals surface area contributed by atoms with Crippen LogP contribution in [0.25, 0.3) is 0 Å². The van der Waals surface area contributed by atoms with Crippen LogP contribution in [0.1, 0.15) is 72.6 Å². The highest BCUT2D eigenvalue weighted by atomic mass is 16.5. The highest BCUT2D eigenvalue weighted by molar-refractivity contribution is 5.75. The molecule has 166 valence electrons. The number of hydrogen-bond donors (Lipinski definition) is 1. The molecule has 0 aliphatic heterocycles. The first-order valence-electron chi connectivity index (χ1n) is 11.3. The zero-order valence-electron chi connectivity index (χ0n) is 18.5. The summed E-state index contributed by atoms with van der Waals surface area (Å²) in [5.74, 6) is -0.809. The number of aliphatic carboxylic acids is 1. The van der Waals surface area contributed by atoms with E-state index in [2.05, 4.69) is 13.0 Å². The molecule has 3 fully saturated rings. The Balaban J connectivity index is 1.75. The summed E-state index contributed by atoms with van der Waals surface area (Å²) in [6.07, 6.45) is 8.18. The van der Waals surface area contributed by atoms with Crippen LogP contribution in [-0.4, -0.2) is 35.7 Å². The van der Waals surface area contributed by atoms with Gasteiger partial charge >= 0.3 is 17.9 Å². The van der Waals surface area contributed by atoms with E-state index in [4.69, 9.17) is 9.47 Å². The van der Waals surface area contributed by atoms with Gasteiger partial charge in [0.15, 0.2) is 0 Å². The third-order valence-electron chi connectivity index (χ3n) is 9.10. The number of carbonyl (C=O) groups excluding carboxylic acids is 2. The Kier molecular flexibility index (Phi) is 5.06. The van der Waals surface area contributed by atoms with Gasteiger partial charge in [0.1, 0.15) is 12.7 Å². The van der Waals surface area contributed by atoms with E-state index in [0.717, 1.165) is 50.5 Å². The molecule has 0 aromatic carbocycles. The Hall–Kier alpha value is -1.85. The Morgan fingerprint density at radius 2 is 1.77 bits per heavy atom. The lowest BCUT2D eigenvalue weighted by molar-refractivity contribution is -0.200. The van der Waals surface area contributed by atoms with Crippen LogP contribution in [-0.2, 0) is 23.9 Å². The van der Waals surface area contributed by atoms with Crippen molar-refractivity contribution >= 4 is 17.9 Å². The Labute approximate surface area is 178 Å². The van der Waals surface area contributed by atoms with Crippen molar-refractivity contribution in [2.75, 3.05) is 6.61 Å². The van der Waals surface area contributed by atoms with E-state index in [1.54, 1.807) is 0 Å². The van der Waals surface area contributed by atoms with Gasteiger partial charge in [-0.05, 0) is 68.3 Å². The summed E-state index contributed by atoms with van der Waals surface area (Å²) in [5.41, 5.74) is -0.0320. The number of carboxylic acid groups (broad SMARTS) is 1. The summed E-state index contributed by atoms with van der Waals surface area (Å²) in [6.45, 7) is 7.33. The van der Waals surface area contributed by atoms with Crippen LogP contribution in [0.4, 0.5) is 0 Å². The molecule has 1 spiro atoms. The molecule has 1 N–H and O–H groups in total. The van der Waals surface area contributed by atoms with E-state index in [1.165, 1.54) is 13.8 Å². The van der Waals surface area contributed by atoms with Crippen molar-refractivity contribution in [3.63, 3.8) is 0 Å². The van der Waals surface area contributed by atoms with E-state index < -0.39 is 11.4 Å². The fourth-order valence-corrected chi connectivity index (χ4v) is 8.02. The zero-order chi connectivity index (χ0) is 21.9. The van der Waals surface area contributed by atoms with Crippen LogP contribution < -0.4 is 0 Å². The SMILES string of the molecule is CC(=O)OCC1=CC23CCC4C(C)(C(=O)O)CCCC4(C)C2CCC1C3OC(C)=O. The smallest absolute Gasteiger partial charge is 0.309 e. The highest BCUT2D eigenvalue weighted by Crippen LogP contribution is 2.71. The van der Waals surface area contributed by atoms with Crippen molar-refractivity contribution in [2.24, 2.45) is 34.0 Å². The summed E-state index contributed by atoms with van der Waals surface area (Å²) in [4.78, 5) is 35.7. The standard InChI is InChI=1S/C24H34O6/c1-14(25)29-13-16-12-24-11-8-18-22(3,9-5-10-23(18,4)21(27)28)19(24)7-6-17(16)20(24)30-15(2)26/h12,17-20H,5-11,13H2,1-4H3,(H,27,28). The number of carboxylic acids is 1. The molecule has 4 aliphatic rings. The molecule has 2 bridgehead atoms. The van der Waals surface area contributed by atoms with E-state index in [0.29, 0.717) is 0 Å². The molecule has 7 unspecified atom stereocenters. The fourth-order valence-electron chi connectivity index (χ4n) is 8.02. The maximum absolute atomic E-state index is 12.3. The van der Waals surface area contributed by atoms with Gasteiger partial charge in [-0.3, -0.25) is 14.4 Å². The third-order valence-corrected chi connectivity index (χ3v) is 9.10. The number of hydrogen-bond acceptors (Lipinski definition) is 5. The predicted molar refractivity (Wildman–Crippen MR) is 109 cm³/mol. The summed E-state index contributed by atoms with van der Waals surface area (Å²) in [7, 11) is 0. The van der Waals surface area contributed by atoms with E-state index >= 15 is 0 Å². The van der Waals surface area contributed by atoms with Crippen molar-refractivity contribution in [3.8, 4) is 0 Å².